The van der Waals surface area contributed by atoms with Gasteiger partial charge in [-0.25, -0.2) is 5.43 Å². The van der Waals surface area contributed by atoms with E-state index < -0.39 is 0 Å². The van der Waals surface area contributed by atoms with E-state index >= 15 is 0 Å². The number of hydrogen-bond acceptors (Lipinski definition) is 7. The average molecular weight is 404 g/mol. The summed E-state index contributed by atoms with van der Waals surface area (Å²) in [5, 5.41) is 13.9. The second-order valence-electron chi connectivity index (χ2n) is 6.81. The van der Waals surface area contributed by atoms with Crippen molar-refractivity contribution < 1.29 is 9.47 Å². The van der Waals surface area contributed by atoms with E-state index in [1.807, 2.05) is 30.3 Å². The molecule has 0 fully saturated rings. The molecule has 4 aromatic rings. The van der Waals surface area contributed by atoms with Crippen LogP contribution in [0.5, 0.6) is 11.5 Å². The van der Waals surface area contributed by atoms with Crippen molar-refractivity contribution in [2.24, 2.45) is 5.10 Å². The summed E-state index contributed by atoms with van der Waals surface area (Å²) in [7, 11) is 3.21. The van der Waals surface area contributed by atoms with E-state index in [0.29, 0.717) is 17.4 Å². The Bertz CT molecular complexity index is 1200. The first kappa shape index (κ1) is 19.6. The van der Waals surface area contributed by atoms with Gasteiger partial charge in [0.25, 0.3) is 5.95 Å². The van der Waals surface area contributed by atoms with Gasteiger partial charge in [-0.05, 0) is 36.2 Å². The fourth-order valence-corrected chi connectivity index (χ4v) is 3.39. The maximum atomic E-state index is 5.32. The molecule has 0 saturated heterocycles. The second-order valence-corrected chi connectivity index (χ2v) is 6.81. The number of nitrogens with one attached hydrogen (secondary N) is 1. The molecule has 154 valence electrons. The molecule has 2 aromatic heterocycles. The molecule has 0 saturated carbocycles. The number of fused-ring (bicyclic) bond motifs is 3. The van der Waals surface area contributed by atoms with Gasteiger partial charge in [0, 0.05) is 11.9 Å². The molecule has 8 heteroatoms. The van der Waals surface area contributed by atoms with Crippen LogP contribution in [0.4, 0.5) is 5.95 Å². The van der Waals surface area contributed by atoms with Crippen molar-refractivity contribution in [2.45, 2.75) is 26.3 Å². The Morgan fingerprint density at radius 2 is 1.90 bits per heavy atom. The molecule has 0 aliphatic heterocycles. The molecule has 30 heavy (non-hydrogen) atoms. The number of ether oxygens (including phenoxy) is 2. The Kier molecular flexibility index (Phi) is 5.74. The normalized spacial score (nSPS) is 11.4. The molecule has 0 bridgehead atoms. The highest BCUT2D eigenvalue weighted by Gasteiger charge is 2.14. The zero-order chi connectivity index (χ0) is 20.9. The van der Waals surface area contributed by atoms with Crippen LogP contribution in [0.25, 0.3) is 22.1 Å². The van der Waals surface area contributed by atoms with Gasteiger partial charge >= 0.3 is 0 Å². The molecular formula is C22H24N6O2. The molecule has 0 aliphatic carbocycles. The van der Waals surface area contributed by atoms with Crippen LogP contribution in [-0.2, 0) is 6.54 Å². The largest absolute Gasteiger partial charge is 0.493 e. The van der Waals surface area contributed by atoms with Gasteiger partial charge < -0.3 is 14.0 Å². The highest BCUT2D eigenvalue weighted by atomic mass is 16.5. The summed E-state index contributed by atoms with van der Waals surface area (Å²) in [5.41, 5.74) is 6.46. The lowest BCUT2D eigenvalue weighted by Gasteiger charge is -2.07. The lowest BCUT2D eigenvalue weighted by atomic mass is 10.2. The number of aryl methyl sites for hydroxylation is 1. The number of aromatic nitrogens is 4. The van der Waals surface area contributed by atoms with Crippen LogP contribution in [0, 0.1) is 0 Å². The van der Waals surface area contributed by atoms with Gasteiger partial charge in [-0.1, -0.05) is 31.5 Å². The summed E-state index contributed by atoms with van der Waals surface area (Å²) in [5.74, 6) is 1.65. The predicted octanol–water partition coefficient (Wildman–Crippen LogP) is 4.24. The number of anilines is 1. The molecule has 0 spiro atoms. The number of unbranched alkanes of at least 4 members (excludes halogenated alkanes) is 1. The van der Waals surface area contributed by atoms with E-state index in [1.165, 1.54) is 0 Å². The fraction of sp³-hybridized carbons (Fsp3) is 0.273. The average Bonchev–Trinajstić information content (AvgIpc) is 3.10. The summed E-state index contributed by atoms with van der Waals surface area (Å²) >= 11 is 0. The van der Waals surface area contributed by atoms with Gasteiger partial charge in [0.2, 0.25) is 0 Å². The summed E-state index contributed by atoms with van der Waals surface area (Å²) < 4.78 is 12.8. The van der Waals surface area contributed by atoms with Crippen LogP contribution in [0.3, 0.4) is 0 Å². The minimum absolute atomic E-state index is 0.347. The van der Waals surface area contributed by atoms with E-state index in [1.54, 1.807) is 20.4 Å². The summed E-state index contributed by atoms with van der Waals surface area (Å²) in [6.07, 6.45) is 3.84. The first-order valence-corrected chi connectivity index (χ1v) is 9.88. The molecule has 2 heterocycles. The van der Waals surface area contributed by atoms with Crippen LogP contribution in [0.15, 0.2) is 47.6 Å². The highest BCUT2D eigenvalue weighted by Crippen LogP contribution is 2.28. The van der Waals surface area contributed by atoms with Crippen LogP contribution >= 0.6 is 0 Å². The van der Waals surface area contributed by atoms with Gasteiger partial charge in [0.05, 0.1) is 26.0 Å². The second kappa shape index (κ2) is 8.77. The van der Waals surface area contributed by atoms with Gasteiger partial charge in [0.1, 0.15) is 5.52 Å². The smallest absolute Gasteiger partial charge is 0.265 e. The molecule has 0 radical (unpaired) electrons. The van der Waals surface area contributed by atoms with Gasteiger partial charge in [-0.3, -0.25) is 0 Å². The SMILES string of the molecule is CCCCn1c2ccccc2c2nnc(N/N=C/c3ccc(OC)c(OC)c3)nc21. The number of benzene rings is 2. The number of hydrogen-bond donors (Lipinski definition) is 1. The maximum Gasteiger partial charge on any atom is 0.265 e. The quantitative estimate of drug-likeness (QED) is 0.349. The lowest BCUT2D eigenvalue weighted by molar-refractivity contribution is 0.355. The van der Waals surface area contributed by atoms with E-state index in [4.69, 9.17) is 9.47 Å². The monoisotopic (exact) mass is 404 g/mol. The third-order valence-electron chi connectivity index (χ3n) is 4.90. The zero-order valence-electron chi connectivity index (χ0n) is 17.3. The number of nitrogens with zero attached hydrogens (tertiary/aromatic N) is 5. The minimum Gasteiger partial charge on any atom is -0.493 e. The van der Waals surface area contributed by atoms with E-state index in [9.17, 15) is 0 Å². The Labute approximate surface area is 174 Å². The van der Waals surface area contributed by atoms with E-state index in [0.717, 1.165) is 47.0 Å². The molecule has 8 nitrogen and oxygen atoms in total. The van der Waals surface area contributed by atoms with Crippen molar-refractivity contribution >= 4 is 34.2 Å². The predicted molar refractivity (Wildman–Crippen MR) is 118 cm³/mol. The van der Waals surface area contributed by atoms with Gasteiger partial charge in [-0.15, -0.1) is 10.2 Å². The zero-order valence-corrected chi connectivity index (χ0v) is 17.3. The molecule has 0 amide bonds. The van der Waals surface area contributed by atoms with Gasteiger partial charge in [0.15, 0.2) is 17.1 Å². The Balaban J connectivity index is 1.62. The third-order valence-corrected chi connectivity index (χ3v) is 4.90. The van der Waals surface area contributed by atoms with Crippen LogP contribution in [0.2, 0.25) is 0 Å². The van der Waals surface area contributed by atoms with Crippen molar-refractivity contribution in [1.82, 2.24) is 19.7 Å². The molecular weight excluding hydrogens is 380 g/mol. The van der Waals surface area contributed by atoms with Crippen molar-refractivity contribution in [3.8, 4) is 11.5 Å². The van der Waals surface area contributed by atoms with Crippen LogP contribution in [-0.4, -0.2) is 40.2 Å². The van der Waals surface area contributed by atoms with Crippen molar-refractivity contribution in [3.05, 3.63) is 48.0 Å². The maximum absolute atomic E-state index is 5.32. The topological polar surface area (TPSA) is 86.5 Å². The standard InChI is InChI=1S/C22H24N6O2/c1-4-5-12-28-17-9-7-6-8-16(17)20-21(28)24-22(27-25-20)26-23-14-15-10-11-18(29-2)19(13-15)30-3/h6-11,13-14H,4-5,12H2,1-3H3,(H,24,26,27)/b23-14+. The van der Waals surface area contributed by atoms with E-state index in [-0.39, 0.29) is 0 Å². The Morgan fingerprint density at radius 1 is 1.07 bits per heavy atom. The van der Waals surface area contributed by atoms with Crippen LogP contribution in [0.1, 0.15) is 25.3 Å². The number of methoxy groups -OCH3 is 2. The highest BCUT2D eigenvalue weighted by molar-refractivity contribution is 6.04. The Morgan fingerprint density at radius 3 is 2.70 bits per heavy atom. The molecule has 4 rings (SSSR count). The Hall–Kier alpha value is -3.68. The number of rotatable bonds is 8. The van der Waals surface area contributed by atoms with Crippen molar-refractivity contribution in [2.75, 3.05) is 19.6 Å². The van der Waals surface area contributed by atoms with E-state index in [2.05, 4.69) is 49.3 Å². The first-order chi connectivity index (χ1) is 14.7. The summed E-state index contributed by atoms with van der Waals surface area (Å²) in [6, 6.07) is 13.7. The third kappa shape index (κ3) is 3.76. The molecule has 1 N–H and O–H groups in total. The molecule has 0 aliphatic rings. The summed E-state index contributed by atoms with van der Waals surface area (Å²) in [6.45, 7) is 3.06. The molecule has 2 aromatic carbocycles. The van der Waals surface area contributed by atoms with Crippen LogP contribution < -0.4 is 14.9 Å². The lowest BCUT2D eigenvalue weighted by Crippen LogP contribution is -2.03. The minimum atomic E-state index is 0.347. The molecule has 0 atom stereocenters. The summed E-state index contributed by atoms with van der Waals surface area (Å²) in [4.78, 5) is 4.68. The number of hydrazone groups is 1. The van der Waals surface area contributed by atoms with Gasteiger partial charge in [-0.2, -0.15) is 10.1 Å². The first-order valence-electron chi connectivity index (χ1n) is 9.88. The molecule has 0 unspecified atom stereocenters. The fourth-order valence-electron chi connectivity index (χ4n) is 3.39. The van der Waals surface area contributed by atoms with Crippen molar-refractivity contribution in [3.63, 3.8) is 0 Å². The van der Waals surface area contributed by atoms with Crippen molar-refractivity contribution in [1.29, 1.82) is 0 Å². The number of para-hydroxylation sites is 1.